The number of fused-ring (bicyclic) bond motifs is 1. The van der Waals surface area contributed by atoms with Crippen molar-refractivity contribution in [2.75, 3.05) is 4.90 Å². The van der Waals surface area contributed by atoms with E-state index in [0.717, 1.165) is 11.1 Å². The fraction of sp³-hybridized carbons (Fsp3) is 0.364. The lowest BCUT2D eigenvalue weighted by Crippen LogP contribution is -2.30. The van der Waals surface area contributed by atoms with E-state index in [0.29, 0.717) is 16.8 Å². The standard InChI is InChI=1S/C22H25NO2/c1-21(2,3)14-11-15(22(4,5)6)13-16(12-14)23-19(24)17-9-7-8-10-18(17)20(23)25/h7-13H,1-6H3. The summed E-state index contributed by atoms with van der Waals surface area (Å²) in [7, 11) is 0. The molecule has 2 aromatic carbocycles. The van der Waals surface area contributed by atoms with Gasteiger partial charge in [0.15, 0.2) is 0 Å². The molecule has 0 spiro atoms. The molecule has 0 unspecified atom stereocenters. The number of hydrogen-bond acceptors (Lipinski definition) is 2. The monoisotopic (exact) mass is 335 g/mol. The highest BCUT2D eigenvalue weighted by Crippen LogP contribution is 2.36. The first-order chi connectivity index (χ1) is 11.5. The SMILES string of the molecule is CC(C)(C)c1cc(N2C(=O)c3ccccc3C2=O)cc(C(C)(C)C)c1. The molecule has 1 aliphatic rings. The molecule has 0 saturated heterocycles. The van der Waals surface area contributed by atoms with Gasteiger partial charge in [-0.05, 0) is 46.2 Å². The third-order valence-electron chi connectivity index (χ3n) is 4.70. The van der Waals surface area contributed by atoms with E-state index in [-0.39, 0.29) is 22.6 Å². The molecular weight excluding hydrogens is 310 g/mol. The number of nitrogens with zero attached hydrogens (tertiary/aromatic N) is 1. The minimum atomic E-state index is -0.244. The number of benzene rings is 2. The highest BCUT2D eigenvalue weighted by Gasteiger charge is 2.37. The number of carbonyl (C=O) groups is 2. The molecule has 0 N–H and O–H groups in total. The molecule has 25 heavy (non-hydrogen) atoms. The molecule has 3 rings (SSSR count). The summed E-state index contributed by atoms with van der Waals surface area (Å²) in [6.07, 6.45) is 0. The van der Waals surface area contributed by atoms with Crippen LogP contribution < -0.4 is 4.90 Å². The Labute approximate surface area is 149 Å². The molecule has 0 saturated carbocycles. The summed E-state index contributed by atoms with van der Waals surface area (Å²) in [4.78, 5) is 27.0. The Hall–Kier alpha value is -2.42. The van der Waals surface area contributed by atoms with Crippen molar-refractivity contribution in [1.29, 1.82) is 0 Å². The Morgan fingerprint density at radius 2 is 1.08 bits per heavy atom. The second kappa shape index (κ2) is 5.55. The molecule has 1 aliphatic heterocycles. The molecule has 0 bridgehead atoms. The van der Waals surface area contributed by atoms with Crippen molar-refractivity contribution in [1.82, 2.24) is 0 Å². The zero-order chi connectivity index (χ0) is 18.6. The third-order valence-corrected chi connectivity index (χ3v) is 4.70. The van der Waals surface area contributed by atoms with Crippen LogP contribution in [0.15, 0.2) is 42.5 Å². The molecule has 0 aromatic heterocycles. The van der Waals surface area contributed by atoms with E-state index in [4.69, 9.17) is 0 Å². The Morgan fingerprint density at radius 3 is 1.44 bits per heavy atom. The van der Waals surface area contributed by atoms with Crippen molar-refractivity contribution >= 4 is 17.5 Å². The molecule has 3 heteroatoms. The van der Waals surface area contributed by atoms with Gasteiger partial charge in [0.05, 0.1) is 16.8 Å². The van der Waals surface area contributed by atoms with Crippen LogP contribution in [0.25, 0.3) is 0 Å². The van der Waals surface area contributed by atoms with Crippen molar-refractivity contribution in [2.24, 2.45) is 0 Å². The van der Waals surface area contributed by atoms with Gasteiger partial charge in [0, 0.05) is 0 Å². The number of imide groups is 1. The Bertz CT molecular complexity index is 799. The van der Waals surface area contributed by atoms with E-state index in [1.807, 2.05) is 12.1 Å². The molecule has 0 atom stereocenters. The van der Waals surface area contributed by atoms with Crippen LogP contribution in [0, 0.1) is 0 Å². The number of rotatable bonds is 1. The predicted molar refractivity (Wildman–Crippen MR) is 101 cm³/mol. The maximum atomic E-state index is 12.8. The van der Waals surface area contributed by atoms with Gasteiger partial charge >= 0.3 is 0 Å². The fourth-order valence-electron chi connectivity index (χ4n) is 3.03. The van der Waals surface area contributed by atoms with E-state index in [9.17, 15) is 9.59 Å². The van der Waals surface area contributed by atoms with Crippen molar-refractivity contribution in [3.8, 4) is 0 Å². The minimum absolute atomic E-state index is 0.0747. The Balaban J connectivity index is 2.18. The Morgan fingerprint density at radius 1 is 0.680 bits per heavy atom. The minimum Gasteiger partial charge on any atom is -0.268 e. The molecule has 130 valence electrons. The number of amides is 2. The van der Waals surface area contributed by atoms with Crippen molar-refractivity contribution < 1.29 is 9.59 Å². The lowest BCUT2D eigenvalue weighted by Gasteiger charge is -2.27. The average molecular weight is 335 g/mol. The fourth-order valence-corrected chi connectivity index (χ4v) is 3.03. The smallest absolute Gasteiger partial charge is 0.266 e. The Kier molecular flexibility index (Phi) is 3.86. The lowest BCUT2D eigenvalue weighted by atomic mass is 9.80. The van der Waals surface area contributed by atoms with Crippen LogP contribution in [0.3, 0.4) is 0 Å². The maximum absolute atomic E-state index is 12.8. The van der Waals surface area contributed by atoms with E-state index < -0.39 is 0 Å². The van der Waals surface area contributed by atoms with Crippen LogP contribution in [0.4, 0.5) is 5.69 Å². The summed E-state index contributed by atoms with van der Waals surface area (Å²) in [5.41, 5.74) is 3.70. The first-order valence-corrected chi connectivity index (χ1v) is 8.64. The van der Waals surface area contributed by atoms with Gasteiger partial charge < -0.3 is 0 Å². The van der Waals surface area contributed by atoms with Gasteiger partial charge in [0.1, 0.15) is 0 Å². The van der Waals surface area contributed by atoms with Gasteiger partial charge in [0.2, 0.25) is 0 Å². The predicted octanol–water partition coefficient (Wildman–Crippen LogP) is 5.08. The van der Waals surface area contributed by atoms with E-state index in [1.165, 1.54) is 4.90 Å². The lowest BCUT2D eigenvalue weighted by molar-refractivity contribution is 0.0926. The number of anilines is 1. The second-order valence-corrected chi connectivity index (χ2v) is 8.76. The quantitative estimate of drug-likeness (QED) is 0.681. The zero-order valence-corrected chi connectivity index (χ0v) is 15.8. The number of carbonyl (C=O) groups excluding carboxylic acids is 2. The molecule has 0 aliphatic carbocycles. The highest BCUT2D eigenvalue weighted by atomic mass is 16.2. The van der Waals surface area contributed by atoms with Gasteiger partial charge in [-0.2, -0.15) is 0 Å². The molecular formula is C22H25NO2. The first-order valence-electron chi connectivity index (χ1n) is 8.64. The van der Waals surface area contributed by atoms with Crippen molar-refractivity contribution in [3.05, 3.63) is 64.7 Å². The summed E-state index contributed by atoms with van der Waals surface area (Å²) < 4.78 is 0. The summed E-state index contributed by atoms with van der Waals surface area (Å²) >= 11 is 0. The molecule has 2 aromatic rings. The largest absolute Gasteiger partial charge is 0.268 e. The van der Waals surface area contributed by atoms with E-state index in [2.05, 4.69) is 47.6 Å². The summed E-state index contributed by atoms with van der Waals surface area (Å²) in [6.45, 7) is 12.8. The van der Waals surface area contributed by atoms with Crippen LogP contribution in [0.1, 0.15) is 73.4 Å². The zero-order valence-electron chi connectivity index (χ0n) is 15.8. The summed E-state index contributed by atoms with van der Waals surface area (Å²) in [5.74, 6) is -0.488. The molecule has 1 heterocycles. The van der Waals surface area contributed by atoms with Crippen molar-refractivity contribution in [2.45, 2.75) is 52.4 Å². The summed E-state index contributed by atoms with van der Waals surface area (Å²) in [5, 5.41) is 0. The van der Waals surface area contributed by atoms with Crippen LogP contribution >= 0.6 is 0 Å². The van der Waals surface area contributed by atoms with Crippen LogP contribution in [0.5, 0.6) is 0 Å². The number of hydrogen-bond donors (Lipinski definition) is 0. The van der Waals surface area contributed by atoms with Crippen LogP contribution in [-0.4, -0.2) is 11.8 Å². The van der Waals surface area contributed by atoms with Crippen LogP contribution in [-0.2, 0) is 10.8 Å². The third kappa shape index (κ3) is 2.99. The highest BCUT2D eigenvalue weighted by molar-refractivity contribution is 6.34. The van der Waals surface area contributed by atoms with Gasteiger partial charge in [0.25, 0.3) is 11.8 Å². The topological polar surface area (TPSA) is 37.4 Å². The van der Waals surface area contributed by atoms with E-state index >= 15 is 0 Å². The average Bonchev–Trinajstić information content (AvgIpc) is 2.77. The van der Waals surface area contributed by atoms with Gasteiger partial charge in [-0.15, -0.1) is 0 Å². The van der Waals surface area contributed by atoms with Crippen molar-refractivity contribution in [3.63, 3.8) is 0 Å². The molecule has 0 fully saturated rings. The first kappa shape index (κ1) is 17.4. The molecule has 3 nitrogen and oxygen atoms in total. The maximum Gasteiger partial charge on any atom is 0.266 e. The van der Waals surface area contributed by atoms with Gasteiger partial charge in [-0.25, -0.2) is 4.90 Å². The van der Waals surface area contributed by atoms with Gasteiger partial charge in [-0.3, -0.25) is 9.59 Å². The molecule has 0 radical (unpaired) electrons. The summed E-state index contributed by atoms with van der Waals surface area (Å²) in [6, 6.07) is 13.1. The second-order valence-electron chi connectivity index (χ2n) is 8.76. The normalized spacial score (nSPS) is 14.9. The van der Waals surface area contributed by atoms with Gasteiger partial charge in [-0.1, -0.05) is 59.7 Å². The van der Waals surface area contributed by atoms with E-state index in [1.54, 1.807) is 24.3 Å². The molecule has 2 amide bonds. The van der Waals surface area contributed by atoms with Crippen LogP contribution in [0.2, 0.25) is 0 Å².